The van der Waals surface area contributed by atoms with Crippen molar-refractivity contribution >= 4 is 5.91 Å². The van der Waals surface area contributed by atoms with Gasteiger partial charge in [-0.2, -0.15) is 0 Å². The minimum Gasteiger partial charge on any atom is -0.466 e. The maximum Gasteiger partial charge on any atom is 0.240 e. The Morgan fingerprint density at radius 1 is 1.55 bits per heavy atom. The van der Waals surface area contributed by atoms with Crippen LogP contribution in [0.1, 0.15) is 24.0 Å². The van der Waals surface area contributed by atoms with Crippen LogP contribution in [0.3, 0.4) is 0 Å². The van der Waals surface area contributed by atoms with E-state index in [1.807, 2.05) is 6.92 Å². The molecule has 0 aromatic carbocycles. The lowest BCUT2D eigenvalue weighted by Gasteiger charge is -2.23. The first kappa shape index (κ1) is 14.3. The number of furan rings is 1. The molecule has 2 rings (SSSR count). The van der Waals surface area contributed by atoms with E-state index < -0.39 is 5.60 Å². The number of rotatable bonds is 5. The number of nitrogens with zero attached hydrogens (tertiary/aromatic N) is 2. The third-order valence-corrected chi connectivity index (χ3v) is 3.14. The molecule has 1 atom stereocenters. The number of hydrogen-bond acceptors (Lipinski definition) is 4. The van der Waals surface area contributed by atoms with Crippen molar-refractivity contribution in [2.24, 2.45) is 0 Å². The van der Waals surface area contributed by atoms with Crippen molar-refractivity contribution in [1.82, 2.24) is 14.9 Å². The molecule has 0 saturated heterocycles. The van der Waals surface area contributed by atoms with Gasteiger partial charge in [0.25, 0.3) is 0 Å². The highest BCUT2D eigenvalue weighted by atomic mass is 16.3. The molecule has 0 radical (unpaired) electrons. The summed E-state index contributed by atoms with van der Waals surface area (Å²) in [6.45, 7) is 5.58. The van der Waals surface area contributed by atoms with Crippen molar-refractivity contribution in [1.29, 1.82) is 0 Å². The van der Waals surface area contributed by atoms with E-state index >= 15 is 0 Å². The summed E-state index contributed by atoms with van der Waals surface area (Å²) in [4.78, 5) is 15.7. The number of hydrogen-bond donors (Lipinski definition) is 2. The predicted molar refractivity (Wildman–Crippen MR) is 73.0 cm³/mol. The molecular formula is C14H19N3O3. The first-order chi connectivity index (χ1) is 9.38. The number of amides is 1. The van der Waals surface area contributed by atoms with Crippen LogP contribution in [0.2, 0.25) is 0 Å². The van der Waals surface area contributed by atoms with Crippen LogP contribution in [-0.2, 0) is 16.9 Å². The molecular weight excluding hydrogens is 258 g/mol. The van der Waals surface area contributed by atoms with Gasteiger partial charge in [0, 0.05) is 18.0 Å². The molecule has 0 saturated carbocycles. The van der Waals surface area contributed by atoms with Crippen LogP contribution in [0.4, 0.5) is 0 Å². The normalized spacial score (nSPS) is 14.0. The van der Waals surface area contributed by atoms with E-state index in [-0.39, 0.29) is 19.0 Å². The van der Waals surface area contributed by atoms with Gasteiger partial charge < -0.3 is 19.4 Å². The second kappa shape index (κ2) is 5.50. The average molecular weight is 277 g/mol. The molecule has 0 aliphatic rings. The average Bonchev–Trinajstić information content (AvgIpc) is 2.97. The van der Waals surface area contributed by atoms with E-state index in [0.717, 1.165) is 5.76 Å². The number of imidazole rings is 1. The van der Waals surface area contributed by atoms with E-state index in [1.54, 1.807) is 43.2 Å². The molecule has 6 nitrogen and oxygen atoms in total. The van der Waals surface area contributed by atoms with Crippen LogP contribution in [0, 0.1) is 13.8 Å². The summed E-state index contributed by atoms with van der Waals surface area (Å²) in [5.74, 6) is 1.22. The zero-order chi connectivity index (χ0) is 14.8. The first-order valence-corrected chi connectivity index (χ1v) is 6.41. The van der Waals surface area contributed by atoms with Crippen LogP contribution in [-0.4, -0.2) is 27.1 Å². The molecule has 0 aliphatic carbocycles. The van der Waals surface area contributed by atoms with Crippen molar-refractivity contribution in [3.05, 3.63) is 41.9 Å². The number of carbonyl (C=O) groups is 1. The molecule has 2 aromatic heterocycles. The van der Waals surface area contributed by atoms with Gasteiger partial charge in [0.2, 0.25) is 5.91 Å². The monoisotopic (exact) mass is 277 g/mol. The van der Waals surface area contributed by atoms with Gasteiger partial charge in [0.05, 0.1) is 12.9 Å². The summed E-state index contributed by atoms with van der Waals surface area (Å²) in [5, 5.41) is 13.2. The Labute approximate surface area is 117 Å². The summed E-state index contributed by atoms with van der Waals surface area (Å²) >= 11 is 0. The second-order valence-electron chi connectivity index (χ2n) is 5.11. The minimum absolute atomic E-state index is 0.125. The SMILES string of the molecule is Cc1cc(C(C)(O)CNC(=O)Cn2ccnc2)c(C)o1. The Morgan fingerprint density at radius 2 is 2.30 bits per heavy atom. The lowest BCUT2D eigenvalue weighted by molar-refractivity contribution is -0.122. The fourth-order valence-corrected chi connectivity index (χ4v) is 2.13. The summed E-state index contributed by atoms with van der Waals surface area (Å²) in [7, 11) is 0. The van der Waals surface area contributed by atoms with Gasteiger partial charge in [-0.25, -0.2) is 4.98 Å². The fourth-order valence-electron chi connectivity index (χ4n) is 2.13. The minimum atomic E-state index is -1.16. The number of aryl methyl sites for hydroxylation is 2. The molecule has 2 N–H and O–H groups in total. The van der Waals surface area contributed by atoms with Gasteiger partial charge >= 0.3 is 0 Å². The molecule has 0 fully saturated rings. The molecule has 0 aliphatic heterocycles. The van der Waals surface area contributed by atoms with Gasteiger partial charge in [0.1, 0.15) is 23.7 Å². The topological polar surface area (TPSA) is 80.3 Å². The third kappa shape index (κ3) is 3.27. The van der Waals surface area contributed by atoms with Crippen LogP contribution in [0.15, 0.2) is 29.2 Å². The van der Waals surface area contributed by atoms with Crippen LogP contribution >= 0.6 is 0 Å². The van der Waals surface area contributed by atoms with E-state index in [0.29, 0.717) is 11.3 Å². The highest BCUT2D eigenvalue weighted by Gasteiger charge is 2.28. The number of carbonyl (C=O) groups excluding carboxylic acids is 1. The molecule has 108 valence electrons. The van der Waals surface area contributed by atoms with Crippen molar-refractivity contribution in [2.75, 3.05) is 6.54 Å². The summed E-state index contributed by atoms with van der Waals surface area (Å²) in [5.41, 5.74) is -0.468. The molecule has 2 aromatic rings. The molecule has 2 heterocycles. The highest BCUT2D eigenvalue weighted by molar-refractivity contribution is 5.75. The van der Waals surface area contributed by atoms with Gasteiger partial charge in [-0.3, -0.25) is 4.79 Å². The predicted octanol–water partition coefficient (Wildman–Crippen LogP) is 1.12. The lowest BCUT2D eigenvalue weighted by atomic mass is 9.96. The van der Waals surface area contributed by atoms with E-state index in [9.17, 15) is 9.90 Å². The van der Waals surface area contributed by atoms with Crippen molar-refractivity contribution < 1.29 is 14.3 Å². The third-order valence-electron chi connectivity index (χ3n) is 3.14. The van der Waals surface area contributed by atoms with Crippen molar-refractivity contribution in [3.63, 3.8) is 0 Å². The quantitative estimate of drug-likeness (QED) is 0.858. The fraction of sp³-hybridized carbons (Fsp3) is 0.429. The van der Waals surface area contributed by atoms with E-state index in [4.69, 9.17) is 4.42 Å². The Kier molecular flexibility index (Phi) is 3.94. The van der Waals surface area contributed by atoms with Crippen LogP contribution in [0.5, 0.6) is 0 Å². The Hall–Kier alpha value is -2.08. The van der Waals surface area contributed by atoms with Crippen LogP contribution in [0.25, 0.3) is 0 Å². The smallest absolute Gasteiger partial charge is 0.240 e. The van der Waals surface area contributed by atoms with Gasteiger partial charge in [-0.05, 0) is 26.8 Å². The van der Waals surface area contributed by atoms with E-state index in [2.05, 4.69) is 10.3 Å². The molecule has 0 bridgehead atoms. The van der Waals surface area contributed by atoms with Gasteiger partial charge in [-0.1, -0.05) is 0 Å². The van der Waals surface area contributed by atoms with Gasteiger partial charge in [0.15, 0.2) is 0 Å². The molecule has 1 unspecified atom stereocenters. The summed E-state index contributed by atoms with van der Waals surface area (Å²) in [6, 6.07) is 1.79. The maximum atomic E-state index is 11.8. The first-order valence-electron chi connectivity index (χ1n) is 6.41. The van der Waals surface area contributed by atoms with Crippen molar-refractivity contribution in [2.45, 2.75) is 32.9 Å². The van der Waals surface area contributed by atoms with E-state index in [1.165, 1.54) is 0 Å². The lowest BCUT2D eigenvalue weighted by Crippen LogP contribution is -2.40. The Morgan fingerprint density at radius 3 is 2.85 bits per heavy atom. The number of aromatic nitrogens is 2. The zero-order valence-corrected chi connectivity index (χ0v) is 11.9. The molecule has 1 amide bonds. The van der Waals surface area contributed by atoms with Crippen LogP contribution < -0.4 is 5.32 Å². The standard InChI is InChI=1S/C14H19N3O3/c1-10-6-12(11(2)20-10)14(3,19)8-16-13(18)7-17-5-4-15-9-17/h4-6,9,19H,7-8H2,1-3H3,(H,16,18). The largest absolute Gasteiger partial charge is 0.466 e. The number of nitrogens with one attached hydrogen (secondary N) is 1. The zero-order valence-electron chi connectivity index (χ0n) is 11.9. The molecule has 6 heteroatoms. The molecule has 0 spiro atoms. The summed E-state index contributed by atoms with van der Waals surface area (Å²) in [6.07, 6.45) is 4.89. The second-order valence-corrected chi connectivity index (χ2v) is 5.11. The molecule has 20 heavy (non-hydrogen) atoms. The summed E-state index contributed by atoms with van der Waals surface area (Å²) < 4.78 is 7.07. The van der Waals surface area contributed by atoms with Crippen molar-refractivity contribution in [3.8, 4) is 0 Å². The highest BCUT2D eigenvalue weighted by Crippen LogP contribution is 2.26. The Bertz CT molecular complexity index is 585. The van der Waals surface area contributed by atoms with Gasteiger partial charge in [-0.15, -0.1) is 0 Å². The maximum absolute atomic E-state index is 11.8. The Balaban J connectivity index is 1.95. The number of aliphatic hydroxyl groups is 1.